The standard InChI is InChI=1S/C24H33N3O2/c1-15(14-27-17(3)13-16(2)26-27)24(28)25-23-21-8-6-5-7-20(21)22(23)18-9-11-19(29-4)12-10-18/h9-13,15,20-23H,5-8,14H2,1-4H3,(H,25,28)/t15-,20+,21+,22-,23-/m0/s1. The first-order valence-electron chi connectivity index (χ1n) is 10.9. The first-order chi connectivity index (χ1) is 14.0. The Kier molecular flexibility index (Phi) is 5.66. The average molecular weight is 396 g/mol. The molecule has 0 radical (unpaired) electrons. The predicted molar refractivity (Wildman–Crippen MR) is 114 cm³/mol. The summed E-state index contributed by atoms with van der Waals surface area (Å²) in [7, 11) is 1.70. The van der Waals surface area contributed by atoms with Crippen molar-refractivity contribution in [2.75, 3.05) is 7.11 Å². The molecule has 1 heterocycles. The third-order valence-electron chi connectivity index (χ3n) is 6.99. The summed E-state index contributed by atoms with van der Waals surface area (Å²) >= 11 is 0. The largest absolute Gasteiger partial charge is 0.497 e. The molecule has 2 aliphatic carbocycles. The van der Waals surface area contributed by atoms with Gasteiger partial charge in [-0.15, -0.1) is 0 Å². The van der Waals surface area contributed by atoms with E-state index >= 15 is 0 Å². The molecular weight excluding hydrogens is 362 g/mol. The predicted octanol–water partition coefficient (Wildman–Crippen LogP) is 4.23. The van der Waals surface area contributed by atoms with Crippen LogP contribution in [0.5, 0.6) is 5.75 Å². The second kappa shape index (κ2) is 8.21. The number of rotatable bonds is 6. The van der Waals surface area contributed by atoms with E-state index < -0.39 is 0 Å². The van der Waals surface area contributed by atoms with Gasteiger partial charge in [0, 0.05) is 17.7 Å². The fourth-order valence-electron chi connectivity index (χ4n) is 5.45. The Balaban J connectivity index is 1.47. The van der Waals surface area contributed by atoms with Gasteiger partial charge in [-0.25, -0.2) is 0 Å². The van der Waals surface area contributed by atoms with Crippen LogP contribution in [0.1, 0.15) is 55.5 Å². The molecule has 0 bridgehead atoms. The SMILES string of the molecule is COc1ccc([C@H]2[C@@H]3CCCC[C@H]3[C@@H]2NC(=O)[C@@H](C)Cn2nc(C)cc2C)cc1. The van der Waals surface area contributed by atoms with E-state index in [4.69, 9.17) is 4.74 Å². The zero-order valence-electron chi connectivity index (χ0n) is 18.0. The van der Waals surface area contributed by atoms with E-state index in [1.165, 1.54) is 31.2 Å². The molecule has 2 fully saturated rings. The molecule has 2 aromatic rings. The summed E-state index contributed by atoms with van der Waals surface area (Å²) in [5.74, 6) is 2.63. The number of benzene rings is 1. The molecule has 5 atom stereocenters. The number of aryl methyl sites for hydroxylation is 2. The van der Waals surface area contributed by atoms with Crippen molar-refractivity contribution in [2.45, 2.75) is 65.0 Å². The Morgan fingerprint density at radius 2 is 1.90 bits per heavy atom. The Hall–Kier alpha value is -2.30. The van der Waals surface area contributed by atoms with Crippen molar-refractivity contribution in [1.82, 2.24) is 15.1 Å². The van der Waals surface area contributed by atoms with Crippen molar-refractivity contribution in [3.8, 4) is 5.75 Å². The summed E-state index contributed by atoms with van der Waals surface area (Å²) in [6.07, 6.45) is 5.09. The molecule has 0 saturated heterocycles. The van der Waals surface area contributed by atoms with Crippen LogP contribution < -0.4 is 10.1 Å². The van der Waals surface area contributed by atoms with Gasteiger partial charge >= 0.3 is 0 Å². The lowest BCUT2D eigenvalue weighted by atomic mass is 9.53. The third-order valence-corrected chi connectivity index (χ3v) is 6.99. The van der Waals surface area contributed by atoms with Crippen LogP contribution in [0, 0.1) is 31.6 Å². The second-order valence-corrected chi connectivity index (χ2v) is 8.96. The fourth-order valence-corrected chi connectivity index (χ4v) is 5.45. The van der Waals surface area contributed by atoms with Crippen molar-refractivity contribution < 1.29 is 9.53 Å². The number of nitrogens with one attached hydrogen (secondary N) is 1. The molecule has 1 amide bonds. The van der Waals surface area contributed by atoms with Crippen molar-refractivity contribution in [3.63, 3.8) is 0 Å². The summed E-state index contributed by atoms with van der Waals surface area (Å²) < 4.78 is 7.27. The van der Waals surface area contributed by atoms with Gasteiger partial charge in [-0.2, -0.15) is 5.10 Å². The number of fused-ring (bicyclic) bond motifs is 1. The molecule has 156 valence electrons. The number of amides is 1. The first kappa shape index (κ1) is 20.0. The van der Waals surface area contributed by atoms with Crippen LogP contribution in [0.2, 0.25) is 0 Å². The Labute approximate surface area is 173 Å². The zero-order valence-corrected chi connectivity index (χ0v) is 18.0. The van der Waals surface area contributed by atoms with E-state index in [2.05, 4.69) is 28.6 Å². The van der Waals surface area contributed by atoms with Crippen LogP contribution in [-0.4, -0.2) is 28.8 Å². The van der Waals surface area contributed by atoms with Gasteiger partial charge in [0.05, 0.1) is 25.3 Å². The number of methoxy groups -OCH3 is 1. The van der Waals surface area contributed by atoms with Crippen molar-refractivity contribution in [3.05, 3.63) is 47.3 Å². The maximum absolute atomic E-state index is 13.0. The average Bonchev–Trinajstić information content (AvgIpc) is 3.03. The number of hydrogen-bond acceptors (Lipinski definition) is 3. The summed E-state index contributed by atoms with van der Waals surface area (Å²) in [5.41, 5.74) is 3.43. The summed E-state index contributed by atoms with van der Waals surface area (Å²) in [6, 6.07) is 10.7. The molecule has 29 heavy (non-hydrogen) atoms. The van der Waals surface area contributed by atoms with Gasteiger partial charge in [0.15, 0.2) is 0 Å². The highest BCUT2D eigenvalue weighted by Crippen LogP contribution is 2.54. The van der Waals surface area contributed by atoms with E-state index in [1.807, 2.05) is 37.6 Å². The van der Waals surface area contributed by atoms with E-state index in [1.54, 1.807) is 7.11 Å². The molecule has 0 spiro atoms. The number of hydrogen-bond donors (Lipinski definition) is 1. The van der Waals surface area contributed by atoms with Crippen LogP contribution in [0.4, 0.5) is 0 Å². The summed E-state index contributed by atoms with van der Waals surface area (Å²) in [5, 5.41) is 7.94. The van der Waals surface area contributed by atoms with Gasteiger partial charge in [-0.1, -0.05) is 31.9 Å². The maximum Gasteiger partial charge on any atom is 0.224 e. The van der Waals surface area contributed by atoms with E-state index in [-0.39, 0.29) is 17.9 Å². The van der Waals surface area contributed by atoms with E-state index in [9.17, 15) is 4.79 Å². The van der Waals surface area contributed by atoms with Crippen molar-refractivity contribution in [1.29, 1.82) is 0 Å². The molecule has 1 aromatic heterocycles. The van der Waals surface area contributed by atoms with Crippen molar-refractivity contribution >= 4 is 5.91 Å². The number of carbonyl (C=O) groups excluding carboxylic acids is 1. The molecule has 4 rings (SSSR count). The molecule has 2 aliphatic rings. The fraction of sp³-hybridized carbons (Fsp3) is 0.583. The van der Waals surface area contributed by atoms with Crippen LogP contribution in [0.15, 0.2) is 30.3 Å². The molecule has 1 aromatic carbocycles. The molecule has 1 N–H and O–H groups in total. The normalized spacial score (nSPS) is 26.9. The molecule has 2 saturated carbocycles. The van der Waals surface area contributed by atoms with Crippen molar-refractivity contribution in [2.24, 2.45) is 17.8 Å². The van der Waals surface area contributed by atoms with Gasteiger partial charge in [-0.05, 0) is 62.3 Å². The minimum Gasteiger partial charge on any atom is -0.497 e. The van der Waals surface area contributed by atoms with Gasteiger partial charge in [0.2, 0.25) is 5.91 Å². The number of ether oxygens (including phenoxy) is 1. The third kappa shape index (κ3) is 3.92. The first-order valence-corrected chi connectivity index (χ1v) is 10.9. The number of nitrogens with zero attached hydrogens (tertiary/aromatic N) is 2. The lowest BCUT2D eigenvalue weighted by Gasteiger charge is -2.55. The molecule has 5 nitrogen and oxygen atoms in total. The minimum absolute atomic E-state index is 0.104. The van der Waals surface area contributed by atoms with Crippen LogP contribution in [-0.2, 0) is 11.3 Å². The van der Waals surface area contributed by atoms with Gasteiger partial charge in [0.1, 0.15) is 5.75 Å². The second-order valence-electron chi connectivity index (χ2n) is 8.96. The smallest absolute Gasteiger partial charge is 0.224 e. The number of aromatic nitrogens is 2. The van der Waals surface area contributed by atoms with Gasteiger partial charge in [0.25, 0.3) is 0 Å². The maximum atomic E-state index is 13.0. The molecule has 5 heteroatoms. The highest BCUT2D eigenvalue weighted by molar-refractivity contribution is 5.79. The minimum atomic E-state index is -0.104. The Morgan fingerprint density at radius 1 is 1.21 bits per heavy atom. The summed E-state index contributed by atoms with van der Waals surface area (Å²) in [4.78, 5) is 13.0. The van der Waals surface area contributed by atoms with Crippen LogP contribution in [0.3, 0.4) is 0 Å². The lowest BCUT2D eigenvalue weighted by molar-refractivity contribution is -0.128. The molecular formula is C24H33N3O2. The summed E-state index contributed by atoms with van der Waals surface area (Å²) in [6.45, 7) is 6.67. The molecule has 0 unspecified atom stereocenters. The highest BCUT2D eigenvalue weighted by Gasteiger charge is 2.51. The topological polar surface area (TPSA) is 56.1 Å². The van der Waals surface area contributed by atoms with E-state index in [0.717, 1.165) is 17.1 Å². The van der Waals surface area contributed by atoms with E-state index in [0.29, 0.717) is 24.3 Å². The van der Waals surface area contributed by atoms with Gasteiger partial charge < -0.3 is 10.1 Å². The lowest BCUT2D eigenvalue weighted by Crippen LogP contribution is -2.60. The monoisotopic (exact) mass is 395 g/mol. The van der Waals surface area contributed by atoms with Crippen LogP contribution in [0.25, 0.3) is 0 Å². The van der Waals surface area contributed by atoms with Gasteiger partial charge in [-0.3, -0.25) is 9.48 Å². The van der Waals surface area contributed by atoms with Crippen LogP contribution >= 0.6 is 0 Å². The highest BCUT2D eigenvalue weighted by atomic mass is 16.5. The quantitative estimate of drug-likeness (QED) is 0.796. The number of carbonyl (C=O) groups is 1. The zero-order chi connectivity index (χ0) is 20.5. The molecule has 0 aliphatic heterocycles. The Bertz CT molecular complexity index is 858. The Morgan fingerprint density at radius 3 is 2.52 bits per heavy atom.